The summed E-state index contributed by atoms with van der Waals surface area (Å²) in [4.78, 5) is 0. The van der Waals surface area contributed by atoms with E-state index in [1.54, 1.807) is 0 Å². The van der Waals surface area contributed by atoms with E-state index in [9.17, 15) is 16.8 Å². The standard InChI is InChI=1S/C9H15N3O5S2/c13-7-8-6-10-11-9(8)19(16,17)12-2-1-4-18(14,15)5-3-12/h6,13H,1-5,7H2,(H,10,11). The minimum absolute atomic E-state index is 0.00511. The van der Waals surface area contributed by atoms with Gasteiger partial charge in [-0.1, -0.05) is 0 Å². The monoisotopic (exact) mass is 309 g/mol. The lowest BCUT2D eigenvalue weighted by molar-refractivity contribution is 0.278. The van der Waals surface area contributed by atoms with Gasteiger partial charge in [-0.25, -0.2) is 16.8 Å². The molecule has 2 N–H and O–H groups in total. The first kappa shape index (κ1) is 14.4. The van der Waals surface area contributed by atoms with Gasteiger partial charge in [0, 0.05) is 18.7 Å². The summed E-state index contributed by atoms with van der Waals surface area (Å²) in [5.74, 6) is -0.191. The number of aliphatic hydroxyl groups is 1. The maximum Gasteiger partial charge on any atom is 0.260 e. The van der Waals surface area contributed by atoms with Crippen LogP contribution in [0.1, 0.15) is 12.0 Å². The smallest absolute Gasteiger partial charge is 0.260 e. The second-order valence-electron chi connectivity index (χ2n) is 4.29. The highest BCUT2D eigenvalue weighted by molar-refractivity contribution is 7.91. The molecule has 0 aromatic carbocycles. The molecule has 0 spiro atoms. The number of nitrogens with zero attached hydrogens (tertiary/aromatic N) is 2. The summed E-state index contributed by atoms with van der Waals surface area (Å²) in [6.45, 7) is -0.378. The first-order valence-electron chi connectivity index (χ1n) is 5.70. The number of hydrogen-bond acceptors (Lipinski definition) is 6. The molecule has 1 aliphatic rings. The summed E-state index contributed by atoms with van der Waals surface area (Å²) < 4.78 is 48.7. The maximum absolute atomic E-state index is 12.3. The van der Waals surface area contributed by atoms with Gasteiger partial charge in [0.05, 0.1) is 24.3 Å². The number of H-pyrrole nitrogens is 1. The highest BCUT2D eigenvalue weighted by Gasteiger charge is 2.31. The molecule has 0 amide bonds. The molecule has 0 bridgehead atoms. The van der Waals surface area contributed by atoms with Crippen molar-refractivity contribution in [2.24, 2.45) is 0 Å². The van der Waals surface area contributed by atoms with Gasteiger partial charge >= 0.3 is 0 Å². The first-order chi connectivity index (χ1) is 8.87. The predicted octanol–water partition coefficient (Wildman–Crippen LogP) is -1.29. The fourth-order valence-electron chi connectivity index (χ4n) is 1.92. The summed E-state index contributed by atoms with van der Waals surface area (Å²) in [5, 5.41) is 14.8. The Morgan fingerprint density at radius 2 is 2.11 bits per heavy atom. The molecule has 1 aromatic rings. The number of aromatic amines is 1. The first-order valence-corrected chi connectivity index (χ1v) is 8.96. The summed E-state index contributed by atoms with van der Waals surface area (Å²) in [5.41, 5.74) is 0.173. The lowest BCUT2D eigenvalue weighted by Crippen LogP contribution is -2.34. The van der Waals surface area contributed by atoms with E-state index in [1.165, 1.54) is 6.20 Å². The summed E-state index contributed by atoms with van der Waals surface area (Å²) >= 11 is 0. The van der Waals surface area contributed by atoms with Gasteiger partial charge in [0.2, 0.25) is 0 Å². The lowest BCUT2D eigenvalue weighted by Gasteiger charge is -2.18. The van der Waals surface area contributed by atoms with Gasteiger partial charge in [-0.05, 0) is 6.42 Å². The van der Waals surface area contributed by atoms with Crippen molar-refractivity contribution in [3.63, 3.8) is 0 Å². The van der Waals surface area contributed by atoms with Crippen molar-refractivity contribution in [1.29, 1.82) is 0 Å². The van der Waals surface area contributed by atoms with E-state index in [2.05, 4.69) is 10.2 Å². The van der Waals surface area contributed by atoms with E-state index in [-0.39, 0.29) is 41.6 Å². The topological polar surface area (TPSA) is 120 Å². The van der Waals surface area contributed by atoms with Gasteiger partial charge in [-0.15, -0.1) is 0 Å². The zero-order chi connectivity index (χ0) is 14.1. The van der Waals surface area contributed by atoms with Crippen LogP contribution in [0.4, 0.5) is 0 Å². The van der Waals surface area contributed by atoms with Crippen LogP contribution in [0.5, 0.6) is 0 Å². The Morgan fingerprint density at radius 3 is 2.79 bits per heavy atom. The summed E-state index contributed by atoms with van der Waals surface area (Å²) in [7, 11) is -7.02. The van der Waals surface area contributed by atoms with Gasteiger partial charge < -0.3 is 5.11 Å². The van der Waals surface area contributed by atoms with Crippen molar-refractivity contribution >= 4 is 19.9 Å². The molecule has 19 heavy (non-hydrogen) atoms. The van der Waals surface area contributed by atoms with Crippen molar-refractivity contribution in [3.8, 4) is 0 Å². The fraction of sp³-hybridized carbons (Fsp3) is 0.667. The minimum Gasteiger partial charge on any atom is -0.392 e. The predicted molar refractivity (Wildman–Crippen MR) is 66.5 cm³/mol. The van der Waals surface area contributed by atoms with E-state index in [0.29, 0.717) is 0 Å². The number of aromatic nitrogens is 2. The highest BCUT2D eigenvalue weighted by Crippen LogP contribution is 2.19. The number of sulfone groups is 1. The van der Waals surface area contributed by atoms with Crippen LogP contribution >= 0.6 is 0 Å². The van der Waals surface area contributed by atoms with Crippen LogP contribution in [0.15, 0.2) is 11.2 Å². The second-order valence-corrected chi connectivity index (χ2v) is 8.47. The molecule has 10 heteroatoms. The summed E-state index contributed by atoms with van der Waals surface area (Å²) in [6.07, 6.45) is 1.51. The number of aliphatic hydroxyl groups excluding tert-OH is 1. The third kappa shape index (κ3) is 2.96. The SMILES string of the molecule is O=S1(=O)CCCN(S(=O)(=O)c2[nH]ncc2CO)CC1. The van der Waals surface area contributed by atoms with Crippen molar-refractivity contribution in [2.75, 3.05) is 24.6 Å². The van der Waals surface area contributed by atoms with E-state index >= 15 is 0 Å². The van der Waals surface area contributed by atoms with E-state index in [4.69, 9.17) is 5.11 Å². The number of hydrogen-bond donors (Lipinski definition) is 2. The lowest BCUT2D eigenvalue weighted by atomic mass is 10.4. The van der Waals surface area contributed by atoms with Gasteiger partial charge in [-0.2, -0.15) is 9.40 Å². The van der Waals surface area contributed by atoms with Crippen LogP contribution in [0, 0.1) is 0 Å². The van der Waals surface area contributed by atoms with E-state index < -0.39 is 26.5 Å². The second kappa shape index (κ2) is 5.19. The Bertz CT molecular complexity index is 649. The molecule has 0 unspecified atom stereocenters. The molecule has 1 saturated heterocycles. The molecule has 2 rings (SSSR count). The van der Waals surface area contributed by atoms with Crippen molar-refractivity contribution in [1.82, 2.24) is 14.5 Å². The molecule has 1 fully saturated rings. The van der Waals surface area contributed by atoms with Gasteiger partial charge in [0.25, 0.3) is 10.0 Å². The molecule has 0 aliphatic carbocycles. The molecular formula is C9H15N3O5S2. The molecule has 8 nitrogen and oxygen atoms in total. The van der Waals surface area contributed by atoms with Crippen LogP contribution < -0.4 is 0 Å². The molecule has 1 aromatic heterocycles. The normalized spacial score (nSPS) is 21.1. The average Bonchev–Trinajstić information content (AvgIpc) is 2.74. The third-order valence-corrected chi connectivity index (χ3v) is 6.59. The van der Waals surface area contributed by atoms with Crippen LogP contribution in [-0.4, -0.2) is 61.0 Å². The van der Waals surface area contributed by atoms with Gasteiger partial charge in [-0.3, -0.25) is 5.10 Å². The summed E-state index contributed by atoms with van der Waals surface area (Å²) in [6, 6.07) is 0. The highest BCUT2D eigenvalue weighted by atomic mass is 32.2. The molecule has 2 heterocycles. The molecule has 1 aliphatic heterocycles. The van der Waals surface area contributed by atoms with Crippen molar-refractivity contribution in [2.45, 2.75) is 18.1 Å². The largest absolute Gasteiger partial charge is 0.392 e. The van der Waals surface area contributed by atoms with E-state index in [1.807, 2.05) is 0 Å². The van der Waals surface area contributed by atoms with Crippen LogP contribution in [0.2, 0.25) is 0 Å². The van der Waals surface area contributed by atoms with Crippen molar-refractivity contribution in [3.05, 3.63) is 11.8 Å². The van der Waals surface area contributed by atoms with Gasteiger partial charge in [0.1, 0.15) is 0 Å². The Labute approximate surface area is 111 Å². The Kier molecular flexibility index (Phi) is 3.95. The van der Waals surface area contributed by atoms with Crippen LogP contribution in [-0.2, 0) is 26.5 Å². The maximum atomic E-state index is 12.3. The minimum atomic E-state index is -3.84. The molecule has 0 atom stereocenters. The Morgan fingerprint density at radius 1 is 1.37 bits per heavy atom. The quantitative estimate of drug-likeness (QED) is 0.717. The van der Waals surface area contributed by atoms with Crippen LogP contribution in [0.3, 0.4) is 0 Å². The van der Waals surface area contributed by atoms with Crippen molar-refractivity contribution < 1.29 is 21.9 Å². The molecule has 0 saturated carbocycles. The fourth-order valence-corrected chi connectivity index (χ4v) is 4.88. The zero-order valence-corrected chi connectivity index (χ0v) is 11.7. The molecule has 0 radical (unpaired) electrons. The number of sulfonamides is 1. The Hall–Kier alpha value is -0.970. The average molecular weight is 309 g/mol. The number of rotatable bonds is 3. The molecular weight excluding hydrogens is 294 g/mol. The number of nitrogens with one attached hydrogen (secondary N) is 1. The Balaban J connectivity index is 2.30. The van der Waals surface area contributed by atoms with E-state index in [0.717, 1.165) is 4.31 Å². The molecule has 108 valence electrons. The zero-order valence-electron chi connectivity index (χ0n) is 10.1. The third-order valence-electron chi connectivity index (χ3n) is 2.96. The van der Waals surface area contributed by atoms with Crippen LogP contribution in [0.25, 0.3) is 0 Å². The van der Waals surface area contributed by atoms with Gasteiger partial charge in [0.15, 0.2) is 14.9 Å².